The molecule has 0 saturated carbocycles. The third-order valence-electron chi connectivity index (χ3n) is 1.08. The summed E-state index contributed by atoms with van der Waals surface area (Å²) in [5.74, 6) is 0. The van der Waals surface area contributed by atoms with Crippen LogP contribution in [0.15, 0.2) is 12.3 Å². The zero-order valence-corrected chi connectivity index (χ0v) is 4.50. The van der Waals surface area contributed by atoms with Crippen molar-refractivity contribution in [2.75, 3.05) is 0 Å². The topological polar surface area (TPSA) is 41.5 Å². The normalized spacial score (nSPS) is 27.4. The van der Waals surface area contributed by atoms with Gasteiger partial charge in [-0.1, -0.05) is 0 Å². The van der Waals surface area contributed by atoms with Crippen molar-refractivity contribution >= 4 is 0 Å². The van der Waals surface area contributed by atoms with E-state index >= 15 is 0 Å². The first-order valence-electron chi connectivity index (χ1n) is 2.63. The van der Waals surface area contributed by atoms with E-state index in [4.69, 9.17) is 9.94 Å². The highest BCUT2D eigenvalue weighted by atomic mass is 16.6. The summed E-state index contributed by atoms with van der Waals surface area (Å²) in [5.41, 5.74) is 2.03. The highest BCUT2D eigenvalue weighted by Gasteiger charge is 2.06. The largest absolute Gasteiger partial charge is 0.481 e. The molecule has 1 atom stereocenters. The molecule has 0 aromatic heterocycles. The van der Waals surface area contributed by atoms with Crippen LogP contribution in [0.4, 0.5) is 0 Å². The zero-order valence-electron chi connectivity index (χ0n) is 4.50. The monoisotopic (exact) mass is 115 g/mol. The molecule has 1 heterocycles. The molecule has 8 heavy (non-hydrogen) atoms. The molecule has 2 N–H and O–H groups in total. The second-order valence-electron chi connectivity index (χ2n) is 1.70. The van der Waals surface area contributed by atoms with Crippen molar-refractivity contribution in [3.8, 4) is 0 Å². The van der Waals surface area contributed by atoms with Crippen LogP contribution in [0.25, 0.3) is 0 Å². The summed E-state index contributed by atoms with van der Waals surface area (Å²) in [5, 5.41) is 8.28. The van der Waals surface area contributed by atoms with Crippen LogP contribution in [0.2, 0.25) is 0 Å². The third kappa shape index (κ3) is 1.21. The quantitative estimate of drug-likeness (QED) is 0.492. The molecule has 3 heteroatoms. The SMILES string of the molecule is ONC1CCC=CO1. The lowest BCUT2D eigenvalue weighted by Gasteiger charge is -2.16. The van der Waals surface area contributed by atoms with Crippen LogP contribution in [-0.4, -0.2) is 11.4 Å². The van der Waals surface area contributed by atoms with Gasteiger partial charge in [-0.2, -0.15) is 5.48 Å². The highest BCUT2D eigenvalue weighted by molar-refractivity contribution is 4.79. The Morgan fingerprint density at radius 2 is 2.62 bits per heavy atom. The van der Waals surface area contributed by atoms with Crippen molar-refractivity contribution in [1.29, 1.82) is 0 Å². The molecule has 0 spiro atoms. The predicted octanol–water partition coefficient (Wildman–Crippen LogP) is 0.615. The first-order valence-corrected chi connectivity index (χ1v) is 2.63. The maximum Gasteiger partial charge on any atom is 0.170 e. The van der Waals surface area contributed by atoms with Crippen molar-refractivity contribution in [3.63, 3.8) is 0 Å². The molecule has 46 valence electrons. The average molecular weight is 115 g/mol. The Morgan fingerprint density at radius 3 is 3.00 bits per heavy atom. The van der Waals surface area contributed by atoms with Gasteiger partial charge in [-0.3, -0.25) is 0 Å². The van der Waals surface area contributed by atoms with Crippen molar-refractivity contribution < 1.29 is 9.94 Å². The van der Waals surface area contributed by atoms with Crippen LogP contribution in [0.5, 0.6) is 0 Å². The van der Waals surface area contributed by atoms with Gasteiger partial charge in [-0.05, 0) is 12.5 Å². The van der Waals surface area contributed by atoms with E-state index in [1.807, 2.05) is 11.6 Å². The lowest BCUT2D eigenvalue weighted by Crippen LogP contribution is -2.28. The van der Waals surface area contributed by atoms with Gasteiger partial charge < -0.3 is 9.94 Å². The van der Waals surface area contributed by atoms with Gasteiger partial charge in [-0.25, -0.2) is 0 Å². The Bertz CT molecular complexity index is 92.4. The molecule has 0 fully saturated rings. The minimum atomic E-state index is -0.194. The molecule has 0 saturated heterocycles. The molecule has 0 bridgehead atoms. The maximum absolute atomic E-state index is 8.28. The minimum absolute atomic E-state index is 0.194. The van der Waals surface area contributed by atoms with Crippen LogP contribution in [0.3, 0.4) is 0 Å². The van der Waals surface area contributed by atoms with Gasteiger partial charge >= 0.3 is 0 Å². The number of allylic oxidation sites excluding steroid dienone is 1. The fourth-order valence-electron chi connectivity index (χ4n) is 0.629. The molecule has 0 radical (unpaired) electrons. The van der Waals surface area contributed by atoms with Gasteiger partial charge in [0.15, 0.2) is 6.23 Å². The highest BCUT2D eigenvalue weighted by Crippen LogP contribution is 2.05. The summed E-state index contributed by atoms with van der Waals surface area (Å²) in [4.78, 5) is 0. The first-order chi connectivity index (χ1) is 3.93. The Balaban J connectivity index is 2.27. The van der Waals surface area contributed by atoms with Crippen LogP contribution in [0, 0.1) is 0 Å². The van der Waals surface area contributed by atoms with Crippen LogP contribution in [-0.2, 0) is 4.74 Å². The van der Waals surface area contributed by atoms with Crippen LogP contribution >= 0.6 is 0 Å². The summed E-state index contributed by atoms with van der Waals surface area (Å²) in [6.45, 7) is 0. The molecule has 0 aliphatic carbocycles. The lowest BCUT2D eigenvalue weighted by molar-refractivity contribution is -0.0179. The van der Waals surface area contributed by atoms with Gasteiger partial charge in [0.1, 0.15) is 0 Å². The molecule has 1 rings (SSSR count). The number of nitrogens with one attached hydrogen (secondary N) is 1. The zero-order chi connectivity index (χ0) is 5.82. The Hall–Kier alpha value is -0.540. The fraction of sp³-hybridized carbons (Fsp3) is 0.600. The number of hydroxylamine groups is 1. The van der Waals surface area contributed by atoms with Crippen molar-refractivity contribution in [1.82, 2.24) is 5.48 Å². The van der Waals surface area contributed by atoms with E-state index in [0.29, 0.717) is 0 Å². The first kappa shape index (κ1) is 5.59. The molecule has 0 aromatic rings. The lowest BCUT2D eigenvalue weighted by atomic mass is 10.2. The number of rotatable bonds is 1. The van der Waals surface area contributed by atoms with Crippen molar-refractivity contribution in [2.45, 2.75) is 19.1 Å². The second-order valence-corrected chi connectivity index (χ2v) is 1.70. The summed E-state index contributed by atoms with van der Waals surface area (Å²) in [7, 11) is 0. The molecular weight excluding hydrogens is 106 g/mol. The van der Waals surface area contributed by atoms with E-state index < -0.39 is 0 Å². The van der Waals surface area contributed by atoms with E-state index in [0.717, 1.165) is 12.8 Å². The van der Waals surface area contributed by atoms with Gasteiger partial charge in [0.05, 0.1) is 6.26 Å². The standard InChI is InChI=1S/C5H9NO2/c7-6-5-3-1-2-4-8-5/h2,4-7H,1,3H2. The summed E-state index contributed by atoms with van der Waals surface area (Å²) in [6, 6.07) is 0. The van der Waals surface area contributed by atoms with Gasteiger partial charge in [0.2, 0.25) is 0 Å². The van der Waals surface area contributed by atoms with Gasteiger partial charge in [0, 0.05) is 6.42 Å². The van der Waals surface area contributed by atoms with E-state index in [9.17, 15) is 0 Å². The predicted molar refractivity (Wildman–Crippen MR) is 28.2 cm³/mol. The molecule has 1 aliphatic heterocycles. The smallest absolute Gasteiger partial charge is 0.170 e. The van der Waals surface area contributed by atoms with E-state index in [2.05, 4.69) is 0 Å². The number of hydrogen-bond donors (Lipinski definition) is 2. The van der Waals surface area contributed by atoms with Gasteiger partial charge in [-0.15, -0.1) is 0 Å². The maximum atomic E-state index is 8.28. The molecule has 0 amide bonds. The number of hydrogen-bond acceptors (Lipinski definition) is 3. The molecule has 0 aromatic carbocycles. The molecular formula is C5H9NO2. The van der Waals surface area contributed by atoms with Crippen LogP contribution in [0.1, 0.15) is 12.8 Å². The average Bonchev–Trinajstić information content (AvgIpc) is 1.90. The van der Waals surface area contributed by atoms with Gasteiger partial charge in [0.25, 0.3) is 0 Å². The summed E-state index contributed by atoms with van der Waals surface area (Å²) < 4.78 is 4.89. The third-order valence-corrected chi connectivity index (χ3v) is 1.08. The van der Waals surface area contributed by atoms with Crippen molar-refractivity contribution in [3.05, 3.63) is 12.3 Å². The molecule has 1 aliphatic rings. The van der Waals surface area contributed by atoms with Crippen molar-refractivity contribution in [2.24, 2.45) is 0 Å². The molecule has 1 unspecified atom stereocenters. The van der Waals surface area contributed by atoms with E-state index in [-0.39, 0.29) is 6.23 Å². The van der Waals surface area contributed by atoms with E-state index in [1.54, 1.807) is 6.26 Å². The minimum Gasteiger partial charge on any atom is -0.481 e. The summed E-state index contributed by atoms with van der Waals surface area (Å²) in [6.07, 6.45) is 5.14. The fourth-order valence-corrected chi connectivity index (χ4v) is 0.629. The Kier molecular flexibility index (Phi) is 1.88. The van der Waals surface area contributed by atoms with Crippen LogP contribution < -0.4 is 5.48 Å². The Labute approximate surface area is 47.9 Å². The second kappa shape index (κ2) is 2.69. The molecule has 3 nitrogen and oxygen atoms in total. The van der Waals surface area contributed by atoms with E-state index in [1.165, 1.54) is 0 Å². The Morgan fingerprint density at radius 1 is 1.75 bits per heavy atom. The number of ether oxygens (including phenoxy) is 1. The summed E-state index contributed by atoms with van der Waals surface area (Å²) >= 11 is 0.